The lowest BCUT2D eigenvalue weighted by molar-refractivity contribution is 0.264. The Balaban J connectivity index is 1.88. The van der Waals surface area contributed by atoms with Crippen LogP contribution in [0.15, 0.2) is 24.3 Å². The van der Waals surface area contributed by atoms with E-state index in [-0.39, 0.29) is 6.61 Å². The molecule has 106 valence electrons. The normalized spacial score (nSPS) is 21.6. The molecule has 0 radical (unpaired) electrons. The predicted molar refractivity (Wildman–Crippen MR) is 79.8 cm³/mol. The zero-order chi connectivity index (χ0) is 13.7. The van der Waals surface area contributed by atoms with E-state index in [1.165, 1.54) is 37.9 Å². The van der Waals surface area contributed by atoms with Crippen LogP contribution in [0.4, 0.5) is 0 Å². The van der Waals surface area contributed by atoms with Gasteiger partial charge in [-0.05, 0) is 55.3 Å². The molecule has 0 aliphatic carbocycles. The van der Waals surface area contributed by atoms with Crippen LogP contribution in [0.25, 0.3) is 0 Å². The van der Waals surface area contributed by atoms with Gasteiger partial charge in [-0.25, -0.2) is 0 Å². The molecule has 1 aliphatic rings. The van der Waals surface area contributed by atoms with Gasteiger partial charge in [-0.15, -0.1) is 0 Å². The van der Waals surface area contributed by atoms with Crippen LogP contribution in [-0.4, -0.2) is 23.1 Å². The Hall–Kier alpha value is -0.860. The SMILES string of the molecule is CC(C)C1CCCN(Cc2ccc(CO)cc2)CC1. The summed E-state index contributed by atoms with van der Waals surface area (Å²) in [5.41, 5.74) is 2.36. The lowest BCUT2D eigenvalue weighted by Gasteiger charge is -2.21. The highest BCUT2D eigenvalue weighted by Gasteiger charge is 2.19. The summed E-state index contributed by atoms with van der Waals surface area (Å²) in [7, 11) is 0. The van der Waals surface area contributed by atoms with E-state index in [0.717, 1.165) is 23.9 Å². The Labute approximate surface area is 117 Å². The molecule has 2 nitrogen and oxygen atoms in total. The first-order chi connectivity index (χ1) is 9.19. The predicted octanol–water partition coefficient (Wildman–Crippen LogP) is 3.44. The summed E-state index contributed by atoms with van der Waals surface area (Å²) in [5.74, 6) is 1.73. The van der Waals surface area contributed by atoms with Gasteiger partial charge in [0.1, 0.15) is 0 Å². The molecule has 0 spiro atoms. The summed E-state index contributed by atoms with van der Waals surface area (Å²) < 4.78 is 0. The number of rotatable bonds is 4. The van der Waals surface area contributed by atoms with Gasteiger partial charge in [0.2, 0.25) is 0 Å². The lowest BCUT2D eigenvalue weighted by Crippen LogP contribution is -2.24. The summed E-state index contributed by atoms with van der Waals surface area (Å²) in [6.45, 7) is 8.36. The number of hydrogen-bond acceptors (Lipinski definition) is 2. The minimum atomic E-state index is 0.139. The summed E-state index contributed by atoms with van der Waals surface area (Å²) in [6, 6.07) is 8.36. The van der Waals surface area contributed by atoms with Gasteiger partial charge in [0.15, 0.2) is 0 Å². The molecule has 1 heterocycles. The van der Waals surface area contributed by atoms with Gasteiger partial charge in [-0.3, -0.25) is 4.90 Å². The molecule has 1 fully saturated rings. The third-order valence-electron chi connectivity index (χ3n) is 4.42. The summed E-state index contributed by atoms with van der Waals surface area (Å²) in [4.78, 5) is 2.58. The van der Waals surface area contributed by atoms with Crippen molar-refractivity contribution in [3.63, 3.8) is 0 Å². The summed E-state index contributed by atoms with van der Waals surface area (Å²) in [5, 5.41) is 9.06. The zero-order valence-electron chi connectivity index (χ0n) is 12.3. The standard InChI is InChI=1S/C17H27NO/c1-14(2)17-4-3-10-18(11-9-17)12-15-5-7-16(13-19)8-6-15/h5-8,14,17,19H,3-4,9-13H2,1-2H3. The number of benzene rings is 1. The van der Waals surface area contributed by atoms with Crippen LogP contribution >= 0.6 is 0 Å². The highest BCUT2D eigenvalue weighted by Crippen LogP contribution is 2.25. The zero-order valence-corrected chi connectivity index (χ0v) is 12.3. The second-order valence-electron chi connectivity index (χ2n) is 6.19. The quantitative estimate of drug-likeness (QED) is 0.897. The van der Waals surface area contributed by atoms with E-state index in [2.05, 4.69) is 30.9 Å². The first kappa shape index (κ1) is 14.5. The number of likely N-dealkylation sites (tertiary alicyclic amines) is 1. The third kappa shape index (κ3) is 4.32. The van der Waals surface area contributed by atoms with Crippen LogP contribution in [0.2, 0.25) is 0 Å². The Kier molecular flexibility index (Phi) is 5.41. The van der Waals surface area contributed by atoms with Gasteiger partial charge >= 0.3 is 0 Å². The van der Waals surface area contributed by atoms with Crippen LogP contribution in [0, 0.1) is 11.8 Å². The average Bonchev–Trinajstić information content (AvgIpc) is 2.65. The van der Waals surface area contributed by atoms with Crippen LogP contribution in [-0.2, 0) is 13.2 Å². The van der Waals surface area contributed by atoms with Crippen molar-refractivity contribution in [1.82, 2.24) is 4.90 Å². The van der Waals surface area contributed by atoms with Gasteiger partial charge in [-0.1, -0.05) is 38.1 Å². The van der Waals surface area contributed by atoms with E-state index in [9.17, 15) is 0 Å². The van der Waals surface area contributed by atoms with E-state index in [1.807, 2.05) is 12.1 Å². The maximum Gasteiger partial charge on any atom is 0.0681 e. The minimum absolute atomic E-state index is 0.139. The Morgan fingerprint density at radius 2 is 1.79 bits per heavy atom. The molecule has 1 saturated heterocycles. The first-order valence-electron chi connectivity index (χ1n) is 7.60. The second-order valence-corrected chi connectivity index (χ2v) is 6.19. The van der Waals surface area contributed by atoms with Gasteiger partial charge in [0.05, 0.1) is 6.61 Å². The molecule has 2 rings (SSSR count). The Bertz CT molecular complexity index is 371. The van der Waals surface area contributed by atoms with Crippen molar-refractivity contribution in [2.45, 2.75) is 46.3 Å². The molecule has 0 saturated carbocycles. The van der Waals surface area contributed by atoms with Crippen molar-refractivity contribution in [1.29, 1.82) is 0 Å². The van der Waals surface area contributed by atoms with E-state index in [0.29, 0.717) is 0 Å². The molecule has 0 aromatic heterocycles. The maximum atomic E-state index is 9.06. The number of nitrogens with zero attached hydrogens (tertiary/aromatic N) is 1. The summed E-state index contributed by atoms with van der Waals surface area (Å²) in [6.07, 6.45) is 4.06. The maximum absolute atomic E-state index is 9.06. The molecular formula is C17H27NO. The minimum Gasteiger partial charge on any atom is -0.392 e. The molecule has 0 bridgehead atoms. The molecule has 2 heteroatoms. The van der Waals surface area contributed by atoms with E-state index in [4.69, 9.17) is 5.11 Å². The van der Waals surface area contributed by atoms with Crippen molar-refractivity contribution in [2.75, 3.05) is 13.1 Å². The topological polar surface area (TPSA) is 23.5 Å². The highest BCUT2D eigenvalue weighted by atomic mass is 16.3. The van der Waals surface area contributed by atoms with Crippen LogP contribution < -0.4 is 0 Å². The smallest absolute Gasteiger partial charge is 0.0681 e. The van der Waals surface area contributed by atoms with Crippen LogP contribution in [0.1, 0.15) is 44.2 Å². The molecule has 1 N–H and O–H groups in total. The fourth-order valence-electron chi connectivity index (χ4n) is 3.01. The van der Waals surface area contributed by atoms with Gasteiger partial charge in [0.25, 0.3) is 0 Å². The van der Waals surface area contributed by atoms with Gasteiger partial charge in [-0.2, -0.15) is 0 Å². The van der Waals surface area contributed by atoms with E-state index < -0.39 is 0 Å². The first-order valence-corrected chi connectivity index (χ1v) is 7.60. The van der Waals surface area contributed by atoms with E-state index in [1.54, 1.807) is 0 Å². The molecule has 1 aromatic carbocycles. The van der Waals surface area contributed by atoms with Crippen molar-refractivity contribution in [3.8, 4) is 0 Å². The monoisotopic (exact) mass is 261 g/mol. The lowest BCUT2D eigenvalue weighted by atomic mass is 9.89. The highest BCUT2D eigenvalue weighted by molar-refractivity contribution is 5.21. The van der Waals surface area contributed by atoms with Crippen molar-refractivity contribution >= 4 is 0 Å². The summed E-state index contributed by atoms with van der Waals surface area (Å²) >= 11 is 0. The third-order valence-corrected chi connectivity index (χ3v) is 4.42. The second kappa shape index (κ2) is 7.06. The van der Waals surface area contributed by atoms with Gasteiger partial charge in [0, 0.05) is 6.54 Å². The number of aliphatic hydroxyl groups excluding tert-OH is 1. The number of hydrogen-bond donors (Lipinski definition) is 1. The molecule has 19 heavy (non-hydrogen) atoms. The molecule has 1 aromatic rings. The Morgan fingerprint density at radius 1 is 1.11 bits per heavy atom. The van der Waals surface area contributed by atoms with Gasteiger partial charge < -0.3 is 5.11 Å². The molecule has 0 amide bonds. The molecule has 1 aliphatic heterocycles. The van der Waals surface area contributed by atoms with Crippen LogP contribution in [0.3, 0.4) is 0 Å². The van der Waals surface area contributed by atoms with Crippen molar-refractivity contribution in [2.24, 2.45) is 11.8 Å². The fourth-order valence-corrected chi connectivity index (χ4v) is 3.01. The van der Waals surface area contributed by atoms with Crippen molar-refractivity contribution in [3.05, 3.63) is 35.4 Å². The van der Waals surface area contributed by atoms with Crippen LogP contribution in [0.5, 0.6) is 0 Å². The van der Waals surface area contributed by atoms with Crippen molar-refractivity contribution < 1.29 is 5.11 Å². The fraction of sp³-hybridized carbons (Fsp3) is 0.647. The average molecular weight is 261 g/mol. The van der Waals surface area contributed by atoms with E-state index >= 15 is 0 Å². The molecular weight excluding hydrogens is 234 g/mol. The largest absolute Gasteiger partial charge is 0.392 e. The Morgan fingerprint density at radius 3 is 2.42 bits per heavy atom. The molecule has 1 unspecified atom stereocenters. The number of aliphatic hydroxyl groups is 1. The molecule has 1 atom stereocenters.